The van der Waals surface area contributed by atoms with Crippen molar-refractivity contribution in [2.75, 3.05) is 26.2 Å². The van der Waals surface area contributed by atoms with Crippen LogP contribution < -0.4 is 5.32 Å². The molecule has 0 radical (unpaired) electrons. The Morgan fingerprint density at radius 2 is 1.83 bits per heavy atom. The lowest BCUT2D eigenvalue weighted by Gasteiger charge is -2.35. The van der Waals surface area contributed by atoms with Crippen LogP contribution in [-0.2, 0) is 0 Å². The van der Waals surface area contributed by atoms with Crippen LogP contribution in [0.3, 0.4) is 0 Å². The van der Waals surface area contributed by atoms with Crippen LogP contribution in [0.25, 0.3) is 0 Å². The van der Waals surface area contributed by atoms with E-state index in [9.17, 15) is 8.78 Å². The van der Waals surface area contributed by atoms with E-state index in [1.165, 1.54) is 23.5 Å². The Balaban J connectivity index is 0.00000132. The van der Waals surface area contributed by atoms with E-state index in [-0.39, 0.29) is 36.4 Å². The van der Waals surface area contributed by atoms with Crippen molar-refractivity contribution in [2.24, 2.45) is 0 Å². The van der Waals surface area contributed by atoms with Gasteiger partial charge >= 0.3 is 0 Å². The van der Waals surface area contributed by atoms with E-state index in [1.807, 2.05) is 17.5 Å². The zero-order valence-corrected chi connectivity index (χ0v) is 16.1. The van der Waals surface area contributed by atoms with Crippen LogP contribution in [0.4, 0.5) is 8.78 Å². The van der Waals surface area contributed by atoms with Gasteiger partial charge in [-0.1, -0.05) is 6.07 Å². The second kappa shape index (κ2) is 9.30. The van der Waals surface area contributed by atoms with E-state index in [2.05, 4.69) is 26.1 Å². The number of hydrogen-bond donors (Lipinski definition) is 1. The number of nitrogens with one attached hydrogen (secondary N) is 1. The van der Waals surface area contributed by atoms with Crippen LogP contribution in [0.1, 0.15) is 16.5 Å². The first-order chi connectivity index (χ1) is 10.2. The van der Waals surface area contributed by atoms with Gasteiger partial charge in [0, 0.05) is 36.6 Å². The predicted molar refractivity (Wildman–Crippen MR) is 99.2 cm³/mol. The standard InChI is InChI=1S/C15H15BrF2N2S.2ClH/c16-10-3-4-11(17)13(14(10)18)15(12-2-1-9-21-12)20-7-5-19-6-8-20;;/h1-4,9,15,19H,5-8H2;2*1H/t15-;;/m0../s1. The smallest absolute Gasteiger partial charge is 0.145 e. The summed E-state index contributed by atoms with van der Waals surface area (Å²) in [5.41, 5.74) is 0.133. The summed E-state index contributed by atoms with van der Waals surface area (Å²) in [4.78, 5) is 3.10. The van der Waals surface area contributed by atoms with E-state index in [0.717, 1.165) is 31.1 Å². The highest BCUT2D eigenvalue weighted by Crippen LogP contribution is 2.36. The van der Waals surface area contributed by atoms with Crippen molar-refractivity contribution in [1.29, 1.82) is 0 Å². The lowest BCUT2D eigenvalue weighted by Crippen LogP contribution is -2.45. The summed E-state index contributed by atoms with van der Waals surface area (Å²) in [7, 11) is 0. The van der Waals surface area contributed by atoms with Gasteiger partial charge in [0.25, 0.3) is 0 Å². The highest BCUT2D eigenvalue weighted by molar-refractivity contribution is 9.10. The van der Waals surface area contributed by atoms with Gasteiger partial charge in [0.2, 0.25) is 0 Å². The summed E-state index contributed by atoms with van der Waals surface area (Å²) in [6.07, 6.45) is 0. The predicted octanol–water partition coefficient (Wildman–Crippen LogP) is 4.63. The number of hydrogen-bond acceptors (Lipinski definition) is 3. The normalized spacial score (nSPS) is 16.3. The molecule has 0 unspecified atom stereocenters. The molecule has 1 saturated heterocycles. The van der Waals surface area contributed by atoms with Gasteiger partial charge in [-0.15, -0.1) is 36.2 Å². The molecule has 0 saturated carbocycles. The molecule has 2 heterocycles. The molecule has 23 heavy (non-hydrogen) atoms. The van der Waals surface area contributed by atoms with E-state index in [1.54, 1.807) is 0 Å². The Morgan fingerprint density at radius 1 is 1.13 bits per heavy atom. The summed E-state index contributed by atoms with van der Waals surface area (Å²) in [6.45, 7) is 3.21. The van der Waals surface area contributed by atoms with Crippen LogP contribution >= 0.6 is 52.1 Å². The van der Waals surface area contributed by atoms with Gasteiger partial charge in [0.05, 0.1) is 10.5 Å². The molecule has 1 aliphatic heterocycles. The molecule has 1 fully saturated rings. The highest BCUT2D eigenvalue weighted by atomic mass is 79.9. The second-order valence-electron chi connectivity index (χ2n) is 4.96. The molecular weight excluding hydrogens is 429 g/mol. The molecule has 3 rings (SSSR count). The van der Waals surface area contributed by atoms with Crippen molar-refractivity contribution in [3.63, 3.8) is 0 Å². The van der Waals surface area contributed by atoms with E-state index in [4.69, 9.17) is 0 Å². The number of nitrogens with zero attached hydrogens (tertiary/aromatic N) is 1. The monoisotopic (exact) mass is 444 g/mol. The fourth-order valence-corrected chi connectivity index (χ4v) is 3.90. The van der Waals surface area contributed by atoms with Gasteiger partial charge < -0.3 is 5.32 Å². The average molecular weight is 446 g/mol. The minimum absolute atomic E-state index is 0. The largest absolute Gasteiger partial charge is 0.314 e. The highest BCUT2D eigenvalue weighted by Gasteiger charge is 2.30. The van der Waals surface area contributed by atoms with Crippen molar-refractivity contribution in [2.45, 2.75) is 6.04 Å². The first kappa shape index (κ1) is 20.8. The topological polar surface area (TPSA) is 15.3 Å². The fourth-order valence-electron chi connectivity index (χ4n) is 2.69. The van der Waals surface area contributed by atoms with Gasteiger partial charge in [-0.25, -0.2) is 8.78 Å². The van der Waals surface area contributed by atoms with Gasteiger partial charge in [-0.05, 0) is 39.5 Å². The Labute approximate surface area is 159 Å². The molecule has 1 aromatic heterocycles. The van der Waals surface area contributed by atoms with Crippen molar-refractivity contribution in [1.82, 2.24) is 10.2 Å². The quantitative estimate of drug-likeness (QED) is 0.693. The van der Waals surface area contributed by atoms with Crippen molar-refractivity contribution in [3.8, 4) is 0 Å². The molecule has 128 valence electrons. The molecule has 0 amide bonds. The maximum atomic E-state index is 14.5. The molecule has 0 bridgehead atoms. The summed E-state index contributed by atoms with van der Waals surface area (Å²) < 4.78 is 29.2. The average Bonchev–Trinajstić information content (AvgIpc) is 3.02. The molecule has 1 aromatic carbocycles. The summed E-state index contributed by atoms with van der Waals surface area (Å²) in [6, 6.07) is 6.23. The summed E-state index contributed by atoms with van der Waals surface area (Å²) in [5.74, 6) is -1.00. The molecule has 1 atom stereocenters. The molecule has 8 heteroatoms. The van der Waals surface area contributed by atoms with Crippen molar-refractivity contribution in [3.05, 3.63) is 56.2 Å². The lowest BCUT2D eigenvalue weighted by molar-refractivity contribution is 0.194. The summed E-state index contributed by atoms with van der Waals surface area (Å²) in [5, 5.41) is 5.21. The lowest BCUT2D eigenvalue weighted by atomic mass is 10.0. The van der Waals surface area contributed by atoms with E-state index in [0.29, 0.717) is 4.47 Å². The number of halogens is 5. The molecule has 2 aromatic rings. The van der Waals surface area contributed by atoms with Crippen molar-refractivity contribution < 1.29 is 8.78 Å². The van der Waals surface area contributed by atoms with E-state index >= 15 is 0 Å². The first-order valence-corrected chi connectivity index (χ1v) is 8.47. The Hall–Kier alpha value is -0.240. The zero-order valence-electron chi connectivity index (χ0n) is 12.1. The SMILES string of the molecule is Cl.Cl.Fc1ccc(Br)c(F)c1[C@H](c1cccs1)N1CCNCC1. The number of rotatable bonds is 3. The maximum Gasteiger partial charge on any atom is 0.145 e. The minimum Gasteiger partial charge on any atom is -0.314 e. The van der Waals surface area contributed by atoms with Crippen LogP contribution in [-0.4, -0.2) is 31.1 Å². The Bertz CT molecular complexity index is 622. The molecule has 1 aliphatic rings. The number of piperazine rings is 1. The van der Waals surface area contributed by atoms with E-state index < -0.39 is 11.6 Å². The van der Waals surface area contributed by atoms with Crippen LogP contribution in [0.5, 0.6) is 0 Å². The van der Waals surface area contributed by atoms with Gasteiger partial charge in [0.1, 0.15) is 11.6 Å². The maximum absolute atomic E-state index is 14.5. The van der Waals surface area contributed by atoms with Gasteiger partial charge in [-0.3, -0.25) is 4.90 Å². The number of thiophene rings is 1. The molecule has 2 nitrogen and oxygen atoms in total. The van der Waals surface area contributed by atoms with Gasteiger partial charge in [0.15, 0.2) is 0 Å². The Kier molecular flexibility index (Phi) is 8.41. The third-order valence-corrected chi connectivity index (χ3v) is 5.22. The second-order valence-corrected chi connectivity index (χ2v) is 6.79. The number of benzene rings is 1. The van der Waals surface area contributed by atoms with Crippen LogP contribution in [0.2, 0.25) is 0 Å². The third-order valence-electron chi connectivity index (χ3n) is 3.68. The first-order valence-electron chi connectivity index (χ1n) is 6.80. The van der Waals surface area contributed by atoms with Crippen LogP contribution in [0, 0.1) is 11.6 Å². The molecule has 1 N–H and O–H groups in total. The molecular formula is C15H17BrCl2F2N2S. The minimum atomic E-state index is -0.507. The Morgan fingerprint density at radius 3 is 2.43 bits per heavy atom. The fraction of sp³-hybridized carbons (Fsp3) is 0.333. The summed E-state index contributed by atoms with van der Waals surface area (Å²) >= 11 is 4.70. The van der Waals surface area contributed by atoms with Crippen molar-refractivity contribution >= 4 is 52.1 Å². The zero-order chi connectivity index (χ0) is 14.8. The third kappa shape index (κ3) is 4.44. The molecule has 0 spiro atoms. The van der Waals surface area contributed by atoms with Crippen LogP contribution in [0.15, 0.2) is 34.1 Å². The van der Waals surface area contributed by atoms with Gasteiger partial charge in [-0.2, -0.15) is 0 Å². The molecule has 0 aliphatic carbocycles.